The second-order valence-corrected chi connectivity index (χ2v) is 3.53. The minimum Gasteiger partial charge on any atom is -0.381 e. The zero-order chi connectivity index (χ0) is 10.8. The summed E-state index contributed by atoms with van der Waals surface area (Å²) < 4.78 is 9.99. The van der Waals surface area contributed by atoms with Crippen LogP contribution in [0.4, 0.5) is 0 Å². The Kier molecular flexibility index (Phi) is 8.59. The van der Waals surface area contributed by atoms with Gasteiger partial charge in [-0.15, -0.1) is 0 Å². The van der Waals surface area contributed by atoms with Gasteiger partial charge >= 0.3 is 0 Å². The average molecular weight is 198 g/mol. The summed E-state index contributed by atoms with van der Waals surface area (Å²) in [7, 11) is 3.44. The molecule has 0 heterocycles. The molecule has 0 aromatic rings. The zero-order valence-corrected chi connectivity index (χ0v) is 9.80. The summed E-state index contributed by atoms with van der Waals surface area (Å²) in [6.45, 7) is 5.68. The number of hydrogen-bond donors (Lipinski definition) is 0. The van der Waals surface area contributed by atoms with Crippen molar-refractivity contribution >= 4 is 0 Å². The largest absolute Gasteiger partial charge is 0.381 e. The predicted molar refractivity (Wildman–Crippen MR) is 60.5 cm³/mol. The Balaban J connectivity index is 3.66. The number of methoxy groups -OCH3 is 2. The first kappa shape index (κ1) is 13.4. The van der Waals surface area contributed by atoms with Crippen molar-refractivity contribution in [3.05, 3.63) is 23.3 Å². The van der Waals surface area contributed by atoms with Gasteiger partial charge in [0.2, 0.25) is 0 Å². The Labute approximate surface area is 87.6 Å². The fraction of sp³-hybridized carbons (Fsp3) is 0.667. The molecule has 0 amide bonds. The van der Waals surface area contributed by atoms with Gasteiger partial charge in [0.15, 0.2) is 0 Å². The lowest BCUT2D eigenvalue weighted by Gasteiger charge is -2.00. The minimum absolute atomic E-state index is 0.715. The molecule has 0 atom stereocenters. The van der Waals surface area contributed by atoms with E-state index in [1.165, 1.54) is 11.1 Å². The van der Waals surface area contributed by atoms with Crippen molar-refractivity contribution < 1.29 is 9.47 Å². The third-order valence-electron chi connectivity index (χ3n) is 2.00. The highest BCUT2D eigenvalue weighted by molar-refractivity contribution is 5.03. The van der Waals surface area contributed by atoms with Crippen LogP contribution in [0.5, 0.6) is 0 Å². The quantitative estimate of drug-likeness (QED) is 0.585. The molecule has 0 unspecified atom stereocenters. The number of allylic oxidation sites excluding steroid dienone is 2. The maximum atomic E-state index is 5.02. The van der Waals surface area contributed by atoms with Crippen LogP contribution in [-0.4, -0.2) is 27.4 Å². The molecule has 82 valence electrons. The summed E-state index contributed by atoms with van der Waals surface area (Å²) in [6, 6.07) is 0. The molecule has 0 bridgehead atoms. The van der Waals surface area contributed by atoms with Gasteiger partial charge in [-0.3, -0.25) is 0 Å². The van der Waals surface area contributed by atoms with E-state index in [1.54, 1.807) is 14.2 Å². The first-order valence-corrected chi connectivity index (χ1v) is 4.99. The van der Waals surface area contributed by atoms with Crippen molar-refractivity contribution in [2.75, 3.05) is 27.4 Å². The summed E-state index contributed by atoms with van der Waals surface area (Å²) in [5.41, 5.74) is 2.68. The first-order chi connectivity index (χ1) is 6.70. The molecule has 0 rings (SSSR count). The Hall–Kier alpha value is -0.600. The summed E-state index contributed by atoms with van der Waals surface area (Å²) in [5, 5.41) is 0. The normalized spacial score (nSPS) is 13.4. The summed E-state index contributed by atoms with van der Waals surface area (Å²) >= 11 is 0. The second kappa shape index (κ2) is 8.97. The SMILES string of the molecule is COCC=C(C)CCC=C(C)COC. The van der Waals surface area contributed by atoms with Crippen LogP contribution in [0.2, 0.25) is 0 Å². The van der Waals surface area contributed by atoms with Crippen LogP contribution in [0.1, 0.15) is 26.7 Å². The van der Waals surface area contributed by atoms with Gasteiger partial charge in [0.25, 0.3) is 0 Å². The highest BCUT2D eigenvalue weighted by Gasteiger charge is 1.90. The Morgan fingerprint density at radius 3 is 2.29 bits per heavy atom. The van der Waals surface area contributed by atoms with Crippen molar-refractivity contribution in [1.82, 2.24) is 0 Å². The van der Waals surface area contributed by atoms with E-state index in [0.29, 0.717) is 6.61 Å². The van der Waals surface area contributed by atoms with Gasteiger partial charge < -0.3 is 9.47 Å². The molecule has 0 N–H and O–H groups in total. The van der Waals surface area contributed by atoms with E-state index in [9.17, 15) is 0 Å². The van der Waals surface area contributed by atoms with Crippen LogP contribution in [0, 0.1) is 0 Å². The molecular weight excluding hydrogens is 176 g/mol. The molecular formula is C12H22O2. The second-order valence-electron chi connectivity index (χ2n) is 3.53. The lowest BCUT2D eigenvalue weighted by atomic mass is 10.1. The zero-order valence-electron chi connectivity index (χ0n) is 9.80. The van der Waals surface area contributed by atoms with Crippen LogP contribution in [0.25, 0.3) is 0 Å². The summed E-state index contributed by atoms with van der Waals surface area (Å²) in [6.07, 6.45) is 6.54. The van der Waals surface area contributed by atoms with Crippen molar-refractivity contribution in [2.24, 2.45) is 0 Å². The van der Waals surface area contributed by atoms with Gasteiger partial charge in [0.05, 0.1) is 13.2 Å². The molecule has 0 aliphatic carbocycles. The molecule has 0 aliphatic rings. The third kappa shape index (κ3) is 8.02. The summed E-state index contributed by atoms with van der Waals surface area (Å²) in [4.78, 5) is 0. The van der Waals surface area contributed by atoms with Crippen LogP contribution >= 0.6 is 0 Å². The van der Waals surface area contributed by atoms with Gasteiger partial charge in [-0.25, -0.2) is 0 Å². The fourth-order valence-corrected chi connectivity index (χ4v) is 1.16. The summed E-state index contributed by atoms with van der Waals surface area (Å²) in [5.74, 6) is 0. The van der Waals surface area contributed by atoms with Crippen molar-refractivity contribution in [1.29, 1.82) is 0 Å². The topological polar surface area (TPSA) is 18.5 Å². The molecule has 0 saturated heterocycles. The van der Waals surface area contributed by atoms with Crippen LogP contribution in [0.3, 0.4) is 0 Å². The molecule has 2 heteroatoms. The van der Waals surface area contributed by atoms with E-state index in [0.717, 1.165) is 19.4 Å². The lowest BCUT2D eigenvalue weighted by molar-refractivity contribution is 0.225. The maximum Gasteiger partial charge on any atom is 0.0670 e. The highest BCUT2D eigenvalue weighted by atomic mass is 16.5. The van der Waals surface area contributed by atoms with Crippen molar-refractivity contribution in [3.63, 3.8) is 0 Å². The van der Waals surface area contributed by atoms with Gasteiger partial charge in [0, 0.05) is 14.2 Å². The van der Waals surface area contributed by atoms with Crippen LogP contribution in [0.15, 0.2) is 23.3 Å². The molecule has 14 heavy (non-hydrogen) atoms. The first-order valence-electron chi connectivity index (χ1n) is 4.99. The Bertz CT molecular complexity index is 192. The molecule has 0 fully saturated rings. The van der Waals surface area contributed by atoms with Gasteiger partial charge in [0.1, 0.15) is 0 Å². The van der Waals surface area contributed by atoms with Crippen molar-refractivity contribution in [2.45, 2.75) is 26.7 Å². The molecule has 0 radical (unpaired) electrons. The van der Waals surface area contributed by atoms with Gasteiger partial charge in [-0.05, 0) is 26.7 Å². The van der Waals surface area contributed by atoms with E-state index in [-0.39, 0.29) is 0 Å². The number of rotatable bonds is 7. The predicted octanol–water partition coefficient (Wildman–Crippen LogP) is 2.95. The molecule has 0 spiro atoms. The van der Waals surface area contributed by atoms with E-state index < -0.39 is 0 Å². The van der Waals surface area contributed by atoms with Gasteiger partial charge in [-0.1, -0.05) is 23.3 Å². The third-order valence-corrected chi connectivity index (χ3v) is 2.00. The van der Waals surface area contributed by atoms with E-state index in [4.69, 9.17) is 9.47 Å². The monoisotopic (exact) mass is 198 g/mol. The van der Waals surface area contributed by atoms with E-state index in [1.807, 2.05) is 0 Å². The highest BCUT2D eigenvalue weighted by Crippen LogP contribution is 2.06. The Morgan fingerprint density at radius 1 is 1.00 bits per heavy atom. The smallest absolute Gasteiger partial charge is 0.0670 e. The van der Waals surface area contributed by atoms with E-state index >= 15 is 0 Å². The molecule has 2 nitrogen and oxygen atoms in total. The Morgan fingerprint density at radius 2 is 1.71 bits per heavy atom. The molecule has 0 saturated carbocycles. The molecule has 0 aliphatic heterocycles. The minimum atomic E-state index is 0.715. The standard InChI is InChI=1S/C12H22O2/c1-11(8-9-13-3)6-5-7-12(2)10-14-4/h7-8H,5-6,9-10H2,1-4H3. The van der Waals surface area contributed by atoms with Gasteiger partial charge in [-0.2, -0.15) is 0 Å². The lowest BCUT2D eigenvalue weighted by Crippen LogP contribution is -1.90. The van der Waals surface area contributed by atoms with Crippen LogP contribution < -0.4 is 0 Å². The van der Waals surface area contributed by atoms with E-state index in [2.05, 4.69) is 26.0 Å². The average Bonchev–Trinajstić information content (AvgIpc) is 2.15. The number of hydrogen-bond acceptors (Lipinski definition) is 2. The fourth-order valence-electron chi connectivity index (χ4n) is 1.16. The number of ether oxygens (including phenoxy) is 2. The van der Waals surface area contributed by atoms with Crippen LogP contribution in [-0.2, 0) is 9.47 Å². The molecule has 0 aromatic carbocycles. The van der Waals surface area contributed by atoms with Crippen molar-refractivity contribution in [3.8, 4) is 0 Å². The maximum absolute atomic E-state index is 5.02. The molecule has 0 aromatic heterocycles.